The number of hydrogen-bond acceptors (Lipinski definition) is 2. The van der Waals surface area contributed by atoms with Crippen molar-refractivity contribution in [3.63, 3.8) is 0 Å². The predicted octanol–water partition coefficient (Wildman–Crippen LogP) is 4.67. The first-order valence-corrected chi connectivity index (χ1v) is 6.91. The number of ether oxygens (including phenoxy) is 1. The van der Waals surface area contributed by atoms with Crippen LogP contribution >= 0.6 is 49.9 Å². The molecule has 14 heavy (non-hydrogen) atoms. The van der Waals surface area contributed by atoms with Crippen molar-refractivity contribution >= 4 is 59.9 Å². The van der Waals surface area contributed by atoms with Gasteiger partial charge in [0.2, 0.25) is 0 Å². The lowest BCUT2D eigenvalue weighted by Gasteiger charge is -1.94. The zero-order valence-electron chi connectivity index (χ0n) is 7.51. The lowest BCUT2D eigenvalue weighted by atomic mass is 10.3. The fourth-order valence-electron chi connectivity index (χ4n) is 1.25. The van der Waals surface area contributed by atoms with Gasteiger partial charge in [0.05, 0.1) is 11.3 Å². The minimum Gasteiger partial charge on any atom is -0.484 e. The van der Waals surface area contributed by atoms with Crippen molar-refractivity contribution in [2.75, 3.05) is 6.61 Å². The molecule has 74 valence electrons. The van der Waals surface area contributed by atoms with E-state index in [1.807, 2.05) is 6.92 Å². The van der Waals surface area contributed by atoms with Crippen LogP contribution in [-0.2, 0) is 0 Å². The van der Waals surface area contributed by atoms with Crippen LogP contribution < -0.4 is 4.74 Å². The molecule has 1 heterocycles. The van der Waals surface area contributed by atoms with Gasteiger partial charge in [-0.15, -0.1) is 0 Å². The zero-order valence-corrected chi connectivity index (χ0v) is 12.1. The second kappa shape index (κ2) is 4.37. The number of rotatable bonds is 2. The van der Waals surface area contributed by atoms with Crippen LogP contribution in [0.15, 0.2) is 22.7 Å². The Labute approximate surface area is 109 Å². The standard InChI is InChI=1S/C10H8BrIOS/c1-2-13-9-5-6-8(12)4-3-7(11)10(6)14-9/h3-5H,2H2,1H3. The summed E-state index contributed by atoms with van der Waals surface area (Å²) >= 11 is 7.58. The topological polar surface area (TPSA) is 9.23 Å². The van der Waals surface area contributed by atoms with Gasteiger partial charge < -0.3 is 4.74 Å². The van der Waals surface area contributed by atoms with Gasteiger partial charge in [-0.3, -0.25) is 0 Å². The van der Waals surface area contributed by atoms with Crippen LogP contribution in [0, 0.1) is 3.57 Å². The van der Waals surface area contributed by atoms with Gasteiger partial charge in [-0.1, -0.05) is 11.3 Å². The normalized spacial score (nSPS) is 10.8. The Hall–Kier alpha value is 0.190. The van der Waals surface area contributed by atoms with Gasteiger partial charge in [0, 0.05) is 19.5 Å². The fraction of sp³-hybridized carbons (Fsp3) is 0.200. The summed E-state index contributed by atoms with van der Waals surface area (Å²) in [5.74, 6) is 0. The van der Waals surface area contributed by atoms with Crippen LogP contribution in [0.5, 0.6) is 5.06 Å². The third-order valence-corrected chi connectivity index (χ3v) is 4.79. The van der Waals surface area contributed by atoms with E-state index >= 15 is 0 Å². The van der Waals surface area contributed by atoms with Crippen LogP contribution in [0.2, 0.25) is 0 Å². The molecule has 0 aliphatic rings. The van der Waals surface area contributed by atoms with E-state index in [-0.39, 0.29) is 0 Å². The first kappa shape index (κ1) is 10.7. The minimum atomic E-state index is 0.723. The molecule has 0 radical (unpaired) electrons. The molecule has 1 nitrogen and oxygen atoms in total. The molecule has 0 saturated heterocycles. The van der Waals surface area contributed by atoms with Crippen LogP contribution in [0.25, 0.3) is 10.1 Å². The maximum absolute atomic E-state index is 5.50. The van der Waals surface area contributed by atoms with E-state index in [4.69, 9.17) is 4.74 Å². The van der Waals surface area contributed by atoms with E-state index in [0.717, 1.165) is 16.1 Å². The van der Waals surface area contributed by atoms with Gasteiger partial charge >= 0.3 is 0 Å². The summed E-state index contributed by atoms with van der Waals surface area (Å²) in [6.45, 7) is 2.73. The summed E-state index contributed by atoms with van der Waals surface area (Å²) in [6, 6.07) is 6.29. The van der Waals surface area contributed by atoms with Crippen molar-refractivity contribution in [3.05, 3.63) is 26.2 Å². The van der Waals surface area contributed by atoms with Gasteiger partial charge in [0.15, 0.2) is 5.06 Å². The van der Waals surface area contributed by atoms with Crippen molar-refractivity contribution in [1.82, 2.24) is 0 Å². The highest BCUT2D eigenvalue weighted by Crippen LogP contribution is 2.38. The maximum Gasteiger partial charge on any atom is 0.174 e. The van der Waals surface area contributed by atoms with Crippen LogP contribution in [-0.4, -0.2) is 6.61 Å². The lowest BCUT2D eigenvalue weighted by Crippen LogP contribution is -1.86. The summed E-state index contributed by atoms with van der Waals surface area (Å²) in [4.78, 5) is 0. The second-order valence-corrected chi connectivity index (χ2v) is 5.80. The highest BCUT2D eigenvalue weighted by molar-refractivity contribution is 14.1. The molecule has 2 rings (SSSR count). The van der Waals surface area contributed by atoms with Crippen molar-refractivity contribution in [2.24, 2.45) is 0 Å². The van der Waals surface area contributed by atoms with E-state index in [1.54, 1.807) is 11.3 Å². The van der Waals surface area contributed by atoms with Gasteiger partial charge in [-0.2, -0.15) is 0 Å². The van der Waals surface area contributed by atoms with Gasteiger partial charge in [-0.05, 0) is 57.6 Å². The predicted molar refractivity (Wildman–Crippen MR) is 73.4 cm³/mol. The number of benzene rings is 1. The monoisotopic (exact) mass is 382 g/mol. The minimum absolute atomic E-state index is 0.723. The quantitative estimate of drug-likeness (QED) is 0.686. The van der Waals surface area contributed by atoms with Crippen LogP contribution in [0.3, 0.4) is 0 Å². The number of hydrogen-bond donors (Lipinski definition) is 0. The van der Waals surface area contributed by atoms with E-state index in [2.05, 4.69) is 56.7 Å². The molecule has 0 bridgehead atoms. The molecule has 1 aromatic carbocycles. The molecule has 0 atom stereocenters. The largest absolute Gasteiger partial charge is 0.484 e. The maximum atomic E-state index is 5.50. The Morgan fingerprint density at radius 3 is 2.93 bits per heavy atom. The SMILES string of the molecule is CCOc1cc2c(I)ccc(Br)c2s1. The third kappa shape index (κ3) is 1.92. The Balaban J connectivity index is 2.63. The van der Waals surface area contributed by atoms with Gasteiger partial charge in [0.25, 0.3) is 0 Å². The Morgan fingerprint density at radius 1 is 1.50 bits per heavy atom. The summed E-state index contributed by atoms with van der Waals surface area (Å²) in [5, 5.41) is 2.26. The molecule has 0 unspecified atom stereocenters. The van der Waals surface area contributed by atoms with Gasteiger partial charge in [-0.25, -0.2) is 0 Å². The van der Waals surface area contributed by atoms with Gasteiger partial charge in [0.1, 0.15) is 0 Å². The Bertz CT molecular complexity index is 427. The molecule has 4 heteroatoms. The molecule has 0 N–H and O–H groups in total. The van der Waals surface area contributed by atoms with E-state index in [9.17, 15) is 0 Å². The average Bonchev–Trinajstić information content (AvgIpc) is 2.57. The van der Waals surface area contributed by atoms with Crippen molar-refractivity contribution in [3.8, 4) is 5.06 Å². The molecule has 0 aliphatic carbocycles. The molecule has 0 amide bonds. The van der Waals surface area contributed by atoms with E-state index in [1.165, 1.54) is 13.7 Å². The molecule has 2 aromatic rings. The van der Waals surface area contributed by atoms with Crippen molar-refractivity contribution < 1.29 is 4.74 Å². The molecule has 0 spiro atoms. The number of fused-ring (bicyclic) bond motifs is 1. The lowest BCUT2D eigenvalue weighted by molar-refractivity contribution is 0.350. The van der Waals surface area contributed by atoms with Crippen LogP contribution in [0.1, 0.15) is 6.92 Å². The first-order chi connectivity index (χ1) is 6.72. The average molecular weight is 383 g/mol. The first-order valence-electron chi connectivity index (χ1n) is 4.22. The fourth-order valence-corrected chi connectivity index (χ4v) is 3.62. The van der Waals surface area contributed by atoms with Crippen molar-refractivity contribution in [2.45, 2.75) is 6.92 Å². The molecule has 0 fully saturated rings. The Kier molecular flexibility index (Phi) is 3.34. The molecule has 0 aliphatic heterocycles. The third-order valence-electron chi connectivity index (χ3n) is 1.85. The number of thiophene rings is 1. The van der Waals surface area contributed by atoms with E-state index < -0.39 is 0 Å². The summed E-state index contributed by atoms with van der Waals surface area (Å²) in [7, 11) is 0. The number of halogens is 2. The second-order valence-electron chi connectivity index (χ2n) is 2.77. The summed E-state index contributed by atoms with van der Waals surface area (Å²) < 4.78 is 9.17. The molecular weight excluding hydrogens is 375 g/mol. The van der Waals surface area contributed by atoms with Crippen LogP contribution in [0.4, 0.5) is 0 Å². The summed E-state index contributed by atoms with van der Waals surface area (Å²) in [5.41, 5.74) is 0. The summed E-state index contributed by atoms with van der Waals surface area (Å²) in [6.07, 6.45) is 0. The Morgan fingerprint density at radius 2 is 2.29 bits per heavy atom. The van der Waals surface area contributed by atoms with Crippen molar-refractivity contribution in [1.29, 1.82) is 0 Å². The molecular formula is C10H8BrIOS. The smallest absolute Gasteiger partial charge is 0.174 e. The van der Waals surface area contributed by atoms with E-state index in [0.29, 0.717) is 0 Å². The zero-order chi connectivity index (χ0) is 10.1. The highest BCUT2D eigenvalue weighted by Gasteiger charge is 2.08. The molecule has 1 aromatic heterocycles. The molecule has 0 saturated carbocycles. The highest BCUT2D eigenvalue weighted by atomic mass is 127.